The summed E-state index contributed by atoms with van der Waals surface area (Å²) in [5.41, 5.74) is 2.36. The average Bonchev–Trinajstić information content (AvgIpc) is 2.46. The van der Waals surface area contributed by atoms with Crippen LogP contribution in [0.1, 0.15) is 34.5 Å². The summed E-state index contributed by atoms with van der Waals surface area (Å²) in [4.78, 5) is 12.3. The fourth-order valence-corrected chi connectivity index (χ4v) is 2.16. The van der Waals surface area contributed by atoms with Gasteiger partial charge >= 0.3 is 0 Å². The predicted octanol–water partition coefficient (Wildman–Crippen LogP) is 3.20. The van der Waals surface area contributed by atoms with Gasteiger partial charge in [0, 0.05) is 11.6 Å². The average molecular weight is 285 g/mol. The van der Waals surface area contributed by atoms with Gasteiger partial charge in [0.05, 0.1) is 13.2 Å². The van der Waals surface area contributed by atoms with Crippen LogP contribution in [-0.4, -0.2) is 18.1 Å². The maximum Gasteiger partial charge on any atom is 0.252 e. The van der Waals surface area contributed by atoms with E-state index in [0.717, 1.165) is 11.1 Å². The second kappa shape index (κ2) is 6.31. The molecule has 110 valence electrons. The van der Waals surface area contributed by atoms with Gasteiger partial charge in [-0.15, -0.1) is 0 Å². The van der Waals surface area contributed by atoms with Crippen molar-refractivity contribution in [3.8, 4) is 11.5 Å². The van der Waals surface area contributed by atoms with Crippen LogP contribution in [-0.2, 0) is 0 Å². The number of carbonyl (C=O) groups is 1. The molecule has 0 fully saturated rings. The van der Waals surface area contributed by atoms with Crippen molar-refractivity contribution in [2.75, 3.05) is 7.11 Å². The molecule has 2 aromatic carbocycles. The van der Waals surface area contributed by atoms with Crippen molar-refractivity contribution < 1.29 is 14.6 Å². The van der Waals surface area contributed by atoms with Gasteiger partial charge in [0.15, 0.2) is 0 Å². The molecule has 0 aliphatic heterocycles. The molecule has 2 aromatic rings. The number of phenolic OH excluding ortho intramolecular Hbond substituents is 1. The third-order valence-electron chi connectivity index (χ3n) is 3.39. The standard InChI is InChI=1S/C17H19NO3/c1-11-6-4-5-7-16(11)17(20)18-12(2)13-8-14(19)10-15(9-13)21-3/h4-10,12,19H,1-3H3,(H,18,20)/t12-/m1/s1. The number of hydrogen-bond donors (Lipinski definition) is 2. The Morgan fingerprint density at radius 2 is 1.95 bits per heavy atom. The third kappa shape index (κ3) is 3.54. The first-order valence-electron chi connectivity index (χ1n) is 6.75. The summed E-state index contributed by atoms with van der Waals surface area (Å²) in [6, 6.07) is 12.1. The van der Waals surface area contributed by atoms with E-state index in [-0.39, 0.29) is 17.7 Å². The summed E-state index contributed by atoms with van der Waals surface area (Å²) in [6.45, 7) is 3.77. The number of carbonyl (C=O) groups excluding carboxylic acids is 1. The molecule has 0 aromatic heterocycles. The molecule has 2 rings (SSSR count). The van der Waals surface area contributed by atoms with Crippen molar-refractivity contribution in [2.45, 2.75) is 19.9 Å². The Bertz CT molecular complexity index is 652. The van der Waals surface area contributed by atoms with Crippen LogP contribution in [0.5, 0.6) is 11.5 Å². The Labute approximate surface area is 124 Å². The zero-order valence-corrected chi connectivity index (χ0v) is 12.4. The van der Waals surface area contributed by atoms with Gasteiger partial charge in [0.2, 0.25) is 0 Å². The van der Waals surface area contributed by atoms with Crippen LogP contribution in [0.25, 0.3) is 0 Å². The molecule has 2 N–H and O–H groups in total. The minimum absolute atomic E-state index is 0.112. The lowest BCUT2D eigenvalue weighted by Gasteiger charge is -2.16. The summed E-state index contributed by atoms with van der Waals surface area (Å²) >= 11 is 0. The van der Waals surface area contributed by atoms with Gasteiger partial charge < -0.3 is 15.2 Å². The fraction of sp³-hybridized carbons (Fsp3) is 0.235. The number of benzene rings is 2. The van der Waals surface area contributed by atoms with Gasteiger partial charge in [-0.3, -0.25) is 4.79 Å². The Balaban J connectivity index is 2.18. The number of amides is 1. The maximum absolute atomic E-state index is 12.3. The van der Waals surface area contributed by atoms with E-state index in [1.54, 1.807) is 18.2 Å². The molecule has 0 heterocycles. The predicted molar refractivity (Wildman–Crippen MR) is 81.7 cm³/mol. The Kier molecular flexibility index (Phi) is 4.48. The Morgan fingerprint density at radius 1 is 1.24 bits per heavy atom. The van der Waals surface area contributed by atoms with E-state index in [4.69, 9.17) is 4.74 Å². The number of methoxy groups -OCH3 is 1. The molecule has 4 heteroatoms. The highest BCUT2D eigenvalue weighted by Crippen LogP contribution is 2.25. The lowest BCUT2D eigenvalue weighted by molar-refractivity contribution is 0.0939. The molecule has 1 amide bonds. The highest BCUT2D eigenvalue weighted by Gasteiger charge is 2.14. The topological polar surface area (TPSA) is 58.6 Å². The van der Waals surface area contributed by atoms with Crippen LogP contribution < -0.4 is 10.1 Å². The number of phenols is 1. The van der Waals surface area contributed by atoms with Crippen molar-refractivity contribution in [3.05, 3.63) is 59.2 Å². The number of aromatic hydroxyl groups is 1. The molecule has 0 saturated heterocycles. The first-order chi connectivity index (χ1) is 10.0. The van der Waals surface area contributed by atoms with Gasteiger partial charge in [-0.25, -0.2) is 0 Å². The van der Waals surface area contributed by atoms with E-state index < -0.39 is 0 Å². The van der Waals surface area contributed by atoms with Crippen LogP contribution >= 0.6 is 0 Å². The molecular weight excluding hydrogens is 266 g/mol. The molecule has 0 bridgehead atoms. The first kappa shape index (κ1) is 14.9. The molecule has 0 saturated carbocycles. The van der Waals surface area contributed by atoms with E-state index in [9.17, 15) is 9.90 Å². The summed E-state index contributed by atoms with van der Waals surface area (Å²) < 4.78 is 5.12. The van der Waals surface area contributed by atoms with E-state index >= 15 is 0 Å². The van der Waals surface area contributed by atoms with Crippen LogP contribution in [0.3, 0.4) is 0 Å². The molecule has 4 nitrogen and oxygen atoms in total. The number of ether oxygens (including phenoxy) is 1. The number of rotatable bonds is 4. The van der Waals surface area contributed by atoms with E-state index in [0.29, 0.717) is 11.3 Å². The molecule has 0 aliphatic carbocycles. The van der Waals surface area contributed by atoms with Crippen LogP contribution in [0, 0.1) is 6.92 Å². The minimum Gasteiger partial charge on any atom is -0.508 e. The second-order valence-electron chi connectivity index (χ2n) is 4.97. The van der Waals surface area contributed by atoms with Gasteiger partial charge in [0.1, 0.15) is 11.5 Å². The van der Waals surface area contributed by atoms with E-state index in [1.807, 2.05) is 32.0 Å². The molecule has 21 heavy (non-hydrogen) atoms. The lowest BCUT2D eigenvalue weighted by Crippen LogP contribution is -2.27. The highest BCUT2D eigenvalue weighted by atomic mass is 16.5. The minimum atomic E-state index is -0.238. The fourth-order valence-electron chi connectivity index (χ4n) is 2.16. The summed E-state index contributed by atoms with van der Waals surface area (Å²) in [7, 11) is 1.54. The smallest absolute Gasteiger partial charge is 0.252 e. The van der Waals surface area contributed by atoms with Crippen molar-refractivity contribution >= 4 is 5.91 Å². The summed E-state index contributed by atoms with van der Waals surface area (Å²) in [5, 5.41) is 12.6. The van der Waals surface area contributed by atoms with Gasteiger partial charge in [-0.2, -0.15) is 0 Å². The van der Waals surface area contributed by atoms with Crippen molar-refractivity contribution in [3.63, 3.8) is 0 Å². The van der Waals surface area contributed by atoms with Crippen LogP contribution in [0.15, 0.2) is 42.5 Å². The van der Waals surface area contributed by atoms with Gasteiger partial charge in [-0.1, -0.05) is 18.2 Å². The van der Waals surface area contributed by atoms with Crippen molar-refractivity contribution in [2.24, 2.45) is 0 Å². The molecule has 1 atom stereocenters. The zero-order chi connectivity index (χ0) is 15.4. The quantitative estimate of drug-likeness (QED) is 0.907. The first-order valence-corrected chi connectivity index (χ1v) is 6.75. The molecule has 0 spiro atoms. The monoisotopic (exact) mass is 285 g/mol. The van der Waals surface area contributed by atoms with Gasteiger partial charge in [-0.05, 0) is 43.2 Å². The van der Waals surface area contributed by atoms with E-state index in [2.05, 4.69) is 5.32 Å². The molecule has 0 aliphatic rings. The normalized spacial score (nSPS) is 11.8. The third-order valence-corrected chi connectivity index (χ3v) is 3.39. The van der Waals surface area contributed by atoms with Crippen LogP contribution in [0.2, 0.25) is 0 Å². The Morgan fingerprint density at radius 3 is 2.62 bits per heavy atom. The number of aryl methyl sites for hydroxylation is 1. The summed E-state index contributed by atoms with van der Waals surface area (Å²) in [6.07, 6.45) is 0. The second-order valence-corrected chi connectivity index (χ2v) is 4.97. The number of nitrogens with one attached hydrogen (secondary N) is 1. The van der Waals surface area contributed by atoms with Gasteiger partial charge in [0.25, 0.3) is 5.91 Å². The lowest BCUT2D eigenvalue weighted by atomic mass is 10.1. The molecule has 0 radical (unpaired) electrons. The zero-order valence-electron chi connectivity index (χ0n) is 12.4. The SMILES string of the molecule is COc1cc(O)cc([C@@H](C)NC(=O)c2ccccc2C)c1. The number of hydrogen-bond acceptors (Lipinski definition) is 3. The molecule has 0 unspecified atom stereocenters. The van der Waals surface area contributed by atoms with Crippen molar-refractivity contribution in [1.29, 1.82) is 0 Å². The van der Waals surface area contributed by atoms with E-state index in [1.165, 1.54) is 13.2 Å². The summed E-state index contributed by atoms with van der Waals surface area (Å²) in [5.74, 6) is 0.534. The van der Waals surface area contributed by atoms with Crippen LogP contribution in [0.4, 0.5) is 0 Å². The molecular formula is C17H19NO3. The largest absolute Gasteiger partial charge is 0.508 e. The highest BCUT2D eigenvalue weighted by molar-refractivity contribution is 5.95. The van der Waals surface area contributed by atoms with Crippen molar-refractivity contribution in [1.82, 2.24) is 5.32 Å². The maximum atomic E-state index is 12.3. The Hall–Kier alpha value is -2.49.